The third-order valence-electron chi connectivity index (χ3n) is 4.74. The van der Waals surface area contributed by atoms with Gasteiger partial charge in [0.15, 0.2) is 5.58 Å². The summed E-state index contributed by atoms with van der Waals surface area (Å²) in [5.74, 6) is 1.85. The van der Waals surface area contributed by atoms with E-state index in [0.29, 0.717) is 25.7 Å². The van der Waals surface area contributed by atoms with Crippen LogP contribution in [0.1, 0.15) is 19.4 Å². The molecule has 4 rings (SSSR count). The fraction of sp³-hybridized carbons (Fsp3) is 0.240. The maximum absolute atomic E-state index is 9.80. The molecule has 3 aromatic carbocycles. The van der Waals surface area contributed by atoms with Gasteiger partial charge in [-0.2, -0.15) is 4.98 Å². The van der Waals surface area contributed by atoms with Crippen LogP contribution in [-0.4, -0.2) is 30.4 Å². The van der Waals surface area contributed by atoms with Crippen LogP contribution in [0.5, 0.6) is 17.2 Å². The molecule has 0 spiro atoms. The van der Waals surface area contributed by atoms with Crippen LogP contribution in [0.2, 0.25) is 0 Å². The van der Waals surface area contributed by atoms with E-state index in [4.69, 9.17) is 13.9 Å². The van der Waals surface area contributed by atoms with Gasteiger partial charge in [-0.15, -0.1) is 0 Å². The van der Waals surface area contributed by atoms with Gasteiger partial charge in [0, 0.05) is 13.1 Å². The highest BCUT2D eigenvalue weighted by molar-refractivity contribution is 5.74. The summed E-state index contributed by atoms with van der Waals surface area (Å²) >= 11 is 0. The zero-order valence-corrected chi connectivity index (χ0v) is 16.8. The van der Waals surface area contributed by atoms with Crippen molar-refractivity contribution >= 4 is 17.1 Å². The summed E-state index contributed by atoms with van der Waals surface area (Å²) in [6.45, 7) is 1.82. The smallest absolute Gasteiger partial charge is 0.298 e. The second-order valence-electron chi connectivity index (χ2n) is 6.93. The Bertz CT molecular complexity index is 1060. The van der Waals surface area contributed by atoms with Gasteiger partial charge < -0.3 is 23.9 Å². The molecule has 0 bridgehead atoms. The lowest BCUT2D eigenvalue weighted by Crippen LogP contribution is -2.25. The molecule has 4 aromatic rings. The standard InChI is InChI=1S/C24H24N2O4.CH4/c1-28-20-10-12-21(13-11-20)29-15-5-14-26(17-18-6-4-7-19(27)16-18)24-25-22-8-2-3-9-23(22)30-24;/h2-4,6-13,16,27H,5,14-15,17H2,1H3;1H4. The SMILES string of the molecule is C.COc1ccc(OCCCN(Cc2cccc(O)c2)c2nc3ccccc3o2)cc1. The van der Waals surface area contributed by atoms with Crippen LogP contribution in [0.4, 0.5) is 6.01 Å². The van der Waals surface area contributed by atoms with E-state index in [0.717, 1.165) is 34.6 Å². The number of para-hydroxylation sites is 2. The molecule has 1 N–H and O–H groups in total. The van der Waals surface area contributed by atoms with Gasteiger partial charge in [0.2, 0.25) is 0 Å². The van der Waals surface area contributed by atoms with E-state index < -0.39 is 0 Å². The van der Waals surface area contributed by atoms with E-state index in [-0.39, 0.29) is 13.2 Å². The molecule has 0 fully saturated rings. The largest absolute Gasteiger partial charge is 0.508 e. The van der Waals surface area contributed by atoms with Crippen LogP contribution in [-0.2, 0) is 6.54 Å². The number of phenols is 1. The highest BCUT2D eigenvalue weighted by Gasteiger charge is 2.15. The number of methoxy groups -OCH3 is 1. The molecule has 0 radical (unpaired) electrons. The van der Waals surface area contributed by atoms with Crippen molar-refractivity contribution in [1.82, 2.24) is 4.98 Å². The molecule has 0 aliphatic carbocycles. The molecule has 0 unspecified atom stereocenters. The molecule has 0 saturated heterocycles. The molecule has 1 aromatic heterocycles. The highest BCUT2D eigenvalue weighted by Crippen LogP contribution is 2.24. The van der Waals surface area contributed by atoms with Gasteiger partial charge >= 0.3 is 0 Å². The maximum atomic E-state index is 9.80. The Kier molecular flexibility index (Phi) is 7.38. The molecule has 0 saturated carbocycles. The van der Waals surface area contributed by atoms with Crippen molar-refractivity contribution in [3.63, 3.8) is 0 Å². The number of hydrogen-bond acceptors (Lipinski definition) is 6. The predicted molar refractivity (Wildman–Crippen MR) is 123 cm³/mol. The van der Waals surface area contributed by atoms with Crippen molar-refractivity contribution in [2.75, 3.05) is 25.2 Å². The number of anilines is 1. The van der Waals surface area contributed by atoms with E-state index >= 15 is 0 Å². The summed E-state index contributed by atoms with van der Waals surface area (Å²) in [7, 11) is 1.64. The molecule has 0 atom stereocenters. The molecule has 0 aliphatic rings. The second-order valence-corrected chi connectivity index (χ2v) is 6.93. The van der Waals surface area contributed by atoms with Crippen LogP contribution in [0.25, 0.3) is 11.1 Å². The molecule has 0 amide bonds. The highest BCUT2D eigenvalue weighted by atomic mass is 16.5. The number of hydrogen-bond donors (Lipinski definition) is 1. The number of phenolic OH excluding ortho intramolecular Hbond substituents is 1. The lowest BCUT2D eigenvalue weighted by atomic mass is 10.2. The van der Waals surface area contributed by atoms with E-state index in [2.05, 4.69) is 9.88 Å². The number of fused-ring (bicyclic) bond motifs is 1. The minimum atomic E-state index is 0. The van der Waals surface area contributed by atoms with E-state index in [1.165, 1.54) is 0 Å². The predicted octanol–water partition coefficient (Wildman–Crippen LogP) is 5.65. The van der Waals surface area contributed by atoms with Gasteiger partial charge in [-0.1, -0.05) is 31.7 Å². The molecule has 6 heteroatoms. The van der Waals surface area contributed by atoms with Gasteiger partial charge in [-0.3, -0.25) is 0 Å². The minimum absolute atomic E-state index is 0. The first-order valence-electron chi connectivity index (χ1n) is 9.86. The summed E-state index contributed by atoms with van der Waals surface area (Å²) in [5, 5.41) is 9.80. The quantitative estimate of drug-likeness (QED) is 0.353. The van der Waals surface area contributed by atoms with Crippen molar-refractivity contribution < 1.29 is 19.0 Å². The Morgan fingerprint density at radius 1 is 0.968 bits per heavy atom. The molecule has 0 aliphatic heterocycles. The zero-order valence-electron chi connectivity index (χ0n) is 16.8. The van der Waals surface area contributed by atoms with Crippen LogP contribution in [0.3, 0.4) is 0 Å². The number of oxazole rings is 1. The summed E-state index contributed by atoms with van der Waals surface area (Å²) in [6, 6.07) is 23.0. The van der Waals surface area contributed by atoms with Crippen molar-refractivity contribution in [3.05, 3.63) is 78.4 Å². The van der Waals surface area contributed by atoms with Crippen LogP contribution in [0, 0.1) is 0 Å². The summed E-state index contributed by atoms with van der Waals surface area (Å²) < 4.78 is 17.0. The van der Waals surface area contributed by atoms with Crippen molar-refractivity contribution in [2.45, 2.75) is 20.4 Å². The van der Waals surface area contributed by atoms with Crippen LogP contribution < -0.4 is 14.4 Å². The first-order valence-corrected chi connectivity index (χ1v) is 9.86. The van der Waals surface area contributed by atoms with E-state index in [1.54, 1.807) is 19.2 Å². The first kappa shape index (κ1) is 22.0. The fourth-order valence-electron chi connectivity index (χ4n) is 3.23. The molecular weight excluding hydrogens is 392 g/mol. The van der Waals surface area contributed by atoms with Crippen molar-refractivity contribution in [1.29, 1.82) is 0 Å². The number of rotatable bonds is 9. The average molecular weight is 421 g/mol. The van der Waals surface area contributed by atoms with Gasteiger partial charge in [-0.05, 0) is 60.5 Å². The van der Waals surface area contributed by atoms with Gasteiger partial charge in [-0.25, -0.2) is 0 Å². The van der Waals surface area contributed by atoms with E-state index in [9.17, 15) is 5.11 Å². The second kappa shape index (κ2) is 10.4. The number of aromatic nitrogens is 1. The maximum Gasteiger partial charge on any atom is 0.298 e. The number of ether oxygens (including phenoxy) is 2. The summed E-state index contributed by atoms with van der Waals surface area (Å²) in [4.78, 5) is 6.69. The Morgan fingerprint density at radius 2 is 1.74 bits per heavy atom. The Hall–Kier alpha value is -3.67. The van der Waals surface area contributed by atoms with Crippen LogP contribution >= 0.6 is 0 Å². The molecule has 1 heterocycles. The third-order valence-corrected chi connectivity index (χ3v) is 4.74. The molecule has 31 heavy (non-hydrogen) atoms. The van der Waals surface area contributed by atoms with Crippen LogP contribution in [0.15, 0.2) is 77.2 Å². The lowest BCUT2D eigenvalue weighted by Gasteiger charge is -2.21. The molecule has 162 valence electrons. The van der Waals surface area contributed by atoms with E-state index in [1.807, 2.05) is 60.7 Å². The summed E-state index contributed by atoms with van der Waals surface area (Å²) in [6.07, 6.45) is 0.781. The Morgan fingerprint density at radius 3 is 2.48 bits per heavy atom. The zero-order chi connectivity index (χ0) is 20.8. The fourth-order valence-corrected chi connectivity index (χ4v) is 3.23. The number of benzene rings is 3. The van der Waals surface area contributed by atoms with Crippen molar-refractivity contribution in [2.24, 2.45) is 0 Å². The Labute approximate surface area is 182 Å². The Balaban J connectivity index is 0.00000272. The average Bonchev–Trinajstić information content (AvgIpc) is 3.20. The first-order chi connectivity index (χ1) is 14.7. The normalized spacial score (nSPS) is 10.5. The molecular formula is C25H28N2O4. The third kappa shape index (κ3) is 5.69. The van der Waals surface area contributed by atoms with Gasteiger partial charge in [0.05, 0.1) is 13.7 Å². The number of aromatic hydroxyl groups is 1. The summed E-state index contributed by atoms with van der Waals surface area (Å²) in [5.41, 5.74) is 2.55. The van der Waals surface area contributed by atoms with Gasteiger partial charge in [0.1, 0.15) is 22.8 Å². The van der Waals surface area contributed by atoms with Crippen molar-refractivity contribution in [3.8, 4) is 17.2 Å². The number of nitrogens with zero attached hydrogens (tertiary/aromatic N) is 2. The monoisotopic (exact) mass is 420 g/mol. The topological polar surface area (TPSA) is 68.0 Å². The minimum Gasteiger partial charge on any atom is -0.508 e. The lowest BCUT2D eigenvalue weighted by molar-refractivity contribution is 0.309. The van der Waals surface area contributed by atoms with Gasteiger partial charge in [0.25, 0.3) is 6.01 Å². The molecule has 6 nitrogen and oxygen atoms in total.